The lowest BCUT2D eigenvalue weighted by molar-refractivity contribution is -0.127. The van der Waals surface area contributed by atoms with Gasteiger partial charge in [-0.3, -0.25) is 4.79 Å². The first kappa shape index (κ1) is 14.3. The molecule has 19 heavy (non-hydrogen) atoms. The van der Waals surface area contributed by atoms with Crippen molar-refractivity contribution in [1.82, 2.24) is 10.6 Å². The van der Waals surface area contributed by atoms with Crippen molar-refractivity contribution < 1.29 is 9.18 Å². The lowest BCUT2D eigenvalue weighted by Crippen LogP contribution is -2.49. The number of nitrogens with one attached hydrogen (secondary N) is 2. The highest BCUT2D eigenvalue weighted by Crippen LogP contribution is 2.26. The van der Waals surface area contributed by atoms with Crippen LogP contribution in [0.5, 0.6) is 0 Å². The second-order valence-electron chi connectivity index (χ2n) is 5.07. The highest BCUT2D eigenvalue weighted by atomic mass is 35.5. The van der Waals surface area contributed by atoms with E-state index in [0.29, 0.717) is 16.5 Å². The van der Waals surface area contributed by atoms with Crippen molar-refractivity contribution in [3.05, 3.63) is 34.6 Å². The van der Waals surface area contributed by atoms with E-state index in [9.17, 15) is 9.18 Å². The van der Waals surface area contributed by atoms with Crippen LogP contribution >= 0.6 is 11.6 Å². The van der Waals surface area contributed by atoms with E-state index in [1.807, 2.05) is 6.92 Å². The molecule has 0 spiro atoms. The lowest BCUT2D eigenvalue weighted by atomic mass is 9.88. The van der Waals surface area contributed by atoms with Gasteiger partial charge in [0, 0.05) is 16.5 Å². The van der Waals surface area contributed by atoms with E-state index in [4.69, 9.17) is 11.6 Å². The van der Waals surface area contributed by atoms with E-state index in [-0.39, 0.29) is 11.8 Å². The standard InChI is InChI=1S/C14H18ClFN2O/c1-8(10-6-17-7-10)14(19)18-9(2)13-11(15)4-3-5-12(13)16/h3-5,8-10,17H,6-7H2,1-2H3,(H,18,19). The van der Waals surface area contributed by atoms with E-state index in [1.165, 1.54) is 6.07 Å². The quantitative estimate of drug-likeness (QED) is 0.892. The van der Waals surface area contributed by atoms with Crippen LogP contribution in [0.2, 0.25) is 5.02 Å². The molecule has 1 aromatic rings. The van der Waals surface area contributed by atoms with Crippen LogP contribution in [0.1, 0.15) is 25.5 Å². The van der Waals surface area contributed by atoms with Gasteiger partial charge >= 0.3 is 0 Å². The molecule has 5 heteroatoms. The van der Waals surface area contributed by atoms with Crippen LogP contribution in [0, 0.1) is 17.7 Å². The number of amides is 1. The summed E-state index contributed by atoms with van der Waals surface area (Å²) < 4.78 is 13.7. The van der Waals surface area contributed by atoms with Gasteiger partial charge in [0.05, 0.1) is 6.04 Å². The number of rotatable bonds is 4. The molecular weight excluding hydrogens is 267 g/mol. The minimum atomic E-state index is -0.434. The Morgan fingerprint density at radius 1 is 1.47 bits per heavy atom. The van der Waals surface area contributed by atoms with Gasteiger partial charge in [0.25, 0.3) is 0 Å². The van der Waals surface area contributed by atoms with Gasteiger partial charge < -0.3 is 10.6 Å². The van der Waals surface area contributed by atoms with Gasteiger partial charge in [-0.05, 0) is 38.1 Å². The number of benzene rings is 1. The molecule has 2 atom stereocenters. The third-order valence-electron chi connectivity index (χ3n) is 3.73. The third-order valence-corrected chi connectivity index (χ3v) is 4.05. The number of carbonyl (C=O) groups excluding carboxylic acids is 1. The summed E-state index contributed by atoms with van der Waals surface area (Å²) >= 11 is 5.99. The van der Waals surface area contributed by atoms with Gasteiger partial charge in [-0.15, -0.1) is 0 Å². The Bertz CT molecular complexity index is 456. The second-order valence-corrected chi connectivity index (χ2v) is 5.48. The Morgan fingerprint density at radius 2 is 2.16 bits per heavy atom. The summed E-state index contributed by atoms with van der Waals surface area (Å²) in [5.41, 5.74) is 0.344. The molecule has 1 fully saturated rings. The maximum Gasteiger partial charge on any atom is 0.223 e. The van der Waals surface area contributed by atoms with Gasteiger partial charge in [0.15, 0.2) is 0 Å². The van der Waals surface area contributed by atoms with Crippen LogP contribution < -0.4 is 10.6 Å². The van der Waals surface area contributed by atoms with Crippen LogP contribution in [-0.2, 0) is 4.79 Å². The van der Waals surface area contributed by atoms with E-state index < -0.39 is 11.9 Å². The van der Waals surface area contributed by atoms with Gasteiger partial charge in [0.2, 0.25) is 5.91 Å². The Balaban J connectivity index is 2.04. The molecule has 1 heterocycles. The van der Waals surface area contributed by atoms with Crippen LogP contribution in [0.4, 0.5) is 4.39 Å². The first-order chi connectivity index (χ1) is 9.00. The summed E-state index contributed by atoms with van der Waals surface area (Å²) in [4.78, 5) is 12.1. The molecule has 3 nitrogen and oxygen atoms in total. The molecule has 0 aliphatic carbocycles. The van der Waals surface area contributed by atoms with E-state index in [0.717, 1.165) is 13.1 Å². The summed E-state index contributed by atoms with van der Waals surface area (Å²) in [6.07, 6.45) is 0. The molecule has 1 aliphatic heterocycles. The maximum atomic E-state index is 13.7. The molecule has 1 aliphatic rings. The lowest BCUT2D eigenvalue weighted by Gasteiger charge is -2.32. The summed E-state index contributed by atoms with van der Waals surface area (Å²) in [7, 11) is 0. The number of hydrogen-bond acceptors (Lipinski definition) is 2. The SMILES string of the molecule is CC(NC(=O)C(C)C1CNC1)c1c(F)cccc1Cl. The summed E-state index contributed by atoms with van der Waals surface area (Å²) in [5.74, 6) is -0.158. The summed E-state index contributed by atoms with van der Waals surface area (Å²) in [5, 5.41) is 6.31. The van der Waals surface area contributed by atoms with Gasteiger partial charge in [-0.2, -0.15) is 0 Å². The third kappa shape index (κ3) is 3.07. The Labute approximate surface area is 117 Å². The number of carbonyl (C=O) groups is 1. The summed E-state index contributed by atoms with van der Waals surface area (Å²) in [6.45, 7) is 5.37. The van der Waals surface area contributed by atoms with Crippen molar-refractivity contribution in [2.45, 2.75) is 19.9 Å². The highest BCUT2D eigenvalue weighted by Gasteiger charge is 2.29. The molecule has 2 unspecified atom stereocenters. The zero-order valence-corrected chi connectivity index (χ0v) is 11.8. The minimum absolute atomic E-state index is 0.0571. The van der Waals surface area contributed by atoms with Crippen LogP contribution in [-0.4, -0.2) is 19.0 Å². The molecule has 0 bridgehead atoms. The number of hydrogen-bond donors (Lipinski definition) is 2. The molecule has 0 radical (unpaired) electrons. The van der Waals surface area contributed by atoms with Crippen molar-refractivity contribution in [3.8, 4) is 0 Å². The molecule has 104 valence electrons. The molecule has 1 saturated heterocycles. The average Bonchev–Trinajstić information content (AvgIpc) is 2.26. The van der Waals surface area contributed by atoms with Crippen LogP contribution in [0.15, 0.2) is 18.2 Å². The molecule has 2 rings (SSSR count). The molecular formula is C14H18ClFN2O. The zero-order valence-electron chi connectivity index (χ0n) is 11.0. The van der Waals surface area contributed by atoms with Crippen molar-refractivity contribution in [3.63, 3.8) is 0 Å². The van der Waals surface area contributed by atoms with Crippen LogP contribution in [0.3, 0.4) is 0 Å². The van der Waals surface area contributed by atoms with Crippen LogP contribution in [0.25, 0.3) is 0 Å². The van der Waals surface area contributed by atoms with Crippen molar-refractivity contribution in [2.24, 2.45) is 11.8 Å². The van der Waals surface area contributed by atoms with Crippen molar-refractivity contribution in [1.29, 1.82) is 0 Å². The molecule has 1 amide bonds. The molecule has 0 aromatic heterocycles. The number of halogens is 2. The summed E-state index contributed by atoms with van der Waals surface area (Å²) in [6, 6.07) is 4.10. The fourth-order valence-electron chi connectivity index (χ4n) is 2.22. The Hall–Kier alpha value is -1.13. The topological polar surface area (TPSA) is 41.1 Å². The van der Waals surface area contributed by atoms with E-state index in [1.54, 1.807) is 19.1 Å². The predicted molar refractivity (Wildman–Crippen MR) is 73.5 cm³/mol. The normalized spacial score (nSPS) is 18.5. The smallest absolute Gasteiger partial charge is 0.223 e. The van der Waals surface area contributed by atoms with Gasteiger partial charge in [-0.1, -0.05) is 24.6 Å². The fraction of sp³-hybridized carbons (Fsp3) is 0.500. The minimum Gasteiger partial charge on any atom is -0.349 e. The first-order valence-corrected chi connectivity index (χ1v) is 6.83. The van der Waals surface area contributed by atoms with E-state index >= 15 is 0 Å². The maximum absolute atomic E-state index is 13.7. The van der Waals surface area contributed by atoms with Gasteiger partial charge in [-0.25, -0.2) is 4.39 Å². The molecule has 0 saturated carbocycles. The van der Waals surface area contributed by atoms with Crippen molar-refractivity contribution >= 4 is 17.5 Å². The molecule has 1 aromatic carbocycles. The Kier molecular flexibility index (Phi) is 4.42. The average molecular weight is 285 g/mol. The highest BCUT2D eigenvalue weighted by molar-refractivity contribution is 6.31. The van der Waals surface area contributed by atoms with E-state index in [2.05, 4.69) is 10.6 Å². The zero-order chi connectivity index (χ0) is 14.0. The molecule has 2 N–H and O–H groups in total. The monoisotopic (exact) mass is 284 g/mol. The Morgan fingerprint density at radius 3 is 2.68 bits per heavy atom. The predicted octanol–water partition coefficient (Wildman–Crippen LogP) is 2.51. The second kappa shape index (κ2) is 5.88. The first-order valence-electron chi connectivity index (χ1n) is 6.45. The fourth-order valence-corrected chi connectivity index (χ4v) is 2.55. The van der Waals surface area contributed by atoms with Crippen molar-refractivity contribution in [2.75, 3.05) is 13.1 Å². The van der Waals surface area contributed by atoms with Gasteiger partial charge in [0.1, 0.15) is 5.82 Å². The largest absolute Gasteiger partial charge is 0.349 e.